The lowest BCUT2D eigenvalue weighted by Gasteiger charge is -2.27. The molecule has 7 atom stereocenters. The molecular weight excluding hydrogens is 463 g/mol. The highest BCUT2D eigenvalue weighted by Gasteiger charge is 2.50. The van der Waals surface area contributed by atoms with E-state index in [9.17, 15) is 9.46 Å². The van der Waals surface area contributed by atoms with Crippen LogP contribution in [0.3, 0.4) is 0 Å². The first-order valence-electron chi connectivity index (χ1n) is 11.8. The standard InChI is InChI=1S/C21H37N6O6P/c1-6-9-13(8-3)10-14-16(33-34(28,29)32-12(4)7-2)17(30-5)20(31-14)27-11-24-15-18(22)25-21(23)26-19(15)27/h11-14,16-17,20H,6-10H2,1-5H3,(H,28,29)(H4,22,23,25,26). The van der Waals surface area contributed by atoms with Crippen LogP contribution in [0.5, 0.6) is 0 Å². The second-order valence-electron chi connectivity index (χ2n) is 8.72. The summed E-state index contributed by atoms with van der Waals surface area (Å²) >= 11 is 0. The van der Waals surface area contributed by atoms with Crippen molar-refractivity contribution in [3.05, 3.63) is 6.33 Å². The normalized spacial score (nSPS) is 26.5. The maximum Gasteiger partial charge on any atom is 0.472 e. The van der Waals surface area contributed by atoms with Gasteiger partial charge in [-0.25, -0.2) is 9.55 Å². The van der Waals surface area contributed by atoms with Crippen molar-refractivity contribution >= 4 is 30.8 Å². The van der Waals surface area contributed by atoms with Crippen molar-refractivity contribution < 1.29 is 28.0 Å². The zero-order valence-corrected chi connectivity index (χ0v) is 21.4. The number of fused-ring (bicyclic) bond motifs is 1. The maximum absolute atomic E-state index is 12.8. The average molecular weight is 501 g/mol. The molecule has 2 aromatic rings. The Bertz CT molecular complexity index is 1010. The van der Waals surface area contributed by atoms with Crippen molar-refractivity contribution in [2.45, 2.75) is 90.4 Å². The predicted octanol–water partition coefficient (Wildman–Crippen LogP) is 3.42. The van der Waals surface area contributed by atoms with Gasteiger partial charge in [-0.3, -0.25) is 13.6 Å². The molecule has 1 aliphatic rings. The summed E-state index contributed by atoms with van der Waals surface area (Å²) in [7, 11) is -2.89. The lowest BCUT2D eigenvalue weighted by Crippen LogP contribution is -2.36. The number of imidazole rings is 1. The fraction of sp³-hybridized carbons (Fsp3) is 0.762. The molecule has 1 aliphatic heterocycles. The molecule has 12 nitrogen and oxygen atoms in total. The number of aromatic nitrogens is 4. The van der Waals surface area contributed by atoms with E-state index in [0.717, 1.165) is 19.3 Å². The minimum atomic E-state index is -4.39. The Kier molecular flexibility index (Phi) is 8.88. The molecular formula is C21H37N6O6P. The van der Waals surface area contributed by atoms with E-state index in [2.05, 4.69) is 28.8 Å². The second kappa shape index (κ2) is 11.3. The van der Waals surface area contributed by atoms with Gasteiger partial charge in [-0.1, -0.05) is 40.0 Å². The van der Waals surface area contributed by atoms with Crippen LogP contribution in [-0.2, 0) is 23.1 Å². The Morgan fingerprint density at radius 3 is 2.59 bits per heavy atom. The molecule has 0 amide bonds. The van der Waals surface area contributed by atoms with Gasteiger partial charge in [-0.2, -0.15) is 9.97 Å². The lowest BCUT2D eigenvalue weighted by molar-refractivity contribution is -0.0529. The van der Waals surface area contributed by atoms with Crippen molar-refractivity contribution in [3.63, 3.8) is 0 Å². The van der Waals surface area contributed by atoms with E-state index in [1.807, 2.05) is 6.92 Å². The van der Waals surface area contributed by atoms with Gasteiger partial charge in [-0.05, 0) is 25.7 Å². The number of ether oxygens (including phenoxy) is 2. The van der Waals surface area contributed by atoms with Crippen LogP contribution in [0.4, 0.5) is 11.8 Å². The fourth-order valence-electron chi connectivity index (χ4n) is 4.35. The number of nitrogen functional groups attached to an aromatic ring is 2. The number of rotatable bonds is 12. The summed E-state index contributed by atoms with van der Waals surface area (Å²) in [6.45, 7) is 7.82. The minimum Gasteiger partial charge on any atom is -0.382 e. The summed E-state index contributed by atoms with van der Waals surface area (Å²) in [4.78, 5) is 23.0. The summed E-state index contributed by atoms with van der Waals surface area (Å²) in [6, 6.07) is 0. The molecule has 34 heavy (non-hydrogen) atoms. The van der Waals surface area contributed by atoms with E-state index in [1.54, 1.807) is 11.5 Å². The van der Waals surface area contributed by atoms with Crippen LogP contribution < -0.4 is 11.5 Å². The molecule has 0 spiro atoms. The van der Waals surface area contributed by atoms with Crippen molar-refractivity contribution in [3.8, 4) is 0 Å². The van der Waals surface area contributed by atoms with Crippen LogP contribution in [0.25, 0.3) is 11.2 Å². The number of nitrogens with zero attached hydrogens (tertiary/aromatic N) is 4. The number of anilines is 2. The van der Waals surface area contributed by atoms with Gasteiger partial charge in [0, 0.05) is 7.11 Å². The summed E-state index contributed by atoms with van der Waals surface area (Å²) in [6.07, 6.45) is 2.33. The number of hydrogen-bond acceptors (Lipinski definition) is 10. The molecule has 7 unspecified atom stereocenters. The van der Waals surface area contributed by atoms with Gasteiger partial charge in [-0.15, -0.1) is 0 Å². The third-order valence-electron chi connectivity index (χ3n) is 6.28. The van der Waals surface area contributed by atoms with Crippen LogP contribution in [0.1, 0.15) is 66.0 Å². The van der Waals surface area contributed by atoms with Gasteiger partial charge in [0.1, 0.15) is 17.7 Å². The molecule has 1 saturated heterocycles. The lowest BCUT2D eigenvalue weighted by atomic mass is 9.92. The first-order chi connectivity index (χ1) is 16.1. The highest BCUT2D eigenvalue weighted by atomic mass is 31.2. The number of methoxy groups -OCH3 is 1. The van der Waals surface area contributed by atoms with E-state index in [1.165, 1.54) is 13.4 Å². The van der Waals surface area contributed by atoms with Gasteiger partial charge < -0.3 is 25.8 Å². The Morgan fingerprint density at radius 1 is 1.24 bits per heavy atom. The fourth-order valence-corrected chi connectivity index (χ4v) is 5.56. The third kappa shape index (κ3) is 5.87. The molecule has 3 heterocycles. The third-order valence-corrected chi connectivity index (χ3v) is 7.42. The number of nitrogens with two attached hydrogens (primary N) is 2. The summed E-state index contributed by atoms with van der Waals surface area (Å²) in [5.41, 5.74) is 12.5. The highest BCUT2D eigenvalue weighted by molar-refractivity contribution is 7.47. The molecule has 0 aromatic carbocycles. The van der Waals surface area contributed by atoms with E-state index in [0.29, 0.717) is 29.9 Å². The summed E-state index contributed by atoms with van der Waals surface area (Å²) in [5.74, 6) is 0.492. The van der Waals surface area contributed by atoms with Crippen LogP contribution in [0, 0.1) is 5.92 Å². The van der Waals surface area contributed by atoms with Gasteiger partial charge in [0.15, 0.2) is 17.7 Å². The van der Waals surface area contributed by atoms with Gasteiger partial charge in [0.2, 0.25) is 5.95 Å². The Hall–Kier alpha value is -1.82. The van der Waals surface area contributed by atoms with Crippen molar-refractivity contribution in [1.29, 1.82) is 0 Å². The van der Waals surface area contributed by atoms with Gasteiger partial charge >= 0.3 is 7.82 Å². The summed E-state index contributed by atoms with van der Waals surface area (Å²) < 4.78 is 37.7. The Morgan fingerprint density at radius 2 is 1.97 bits per heavy atom. The van der Waals surface area contributed by atoms with Crippen LogP contribution in [0.2, 0.25) is 0 Å². The van der Waals surface area contributed by atoms with Crippen molar-refractivity contribution in [2.24, 2.45) is 5.92 Å². The van der Waals surface area contributed by atoms with Gasteiger partial charge in [0.05, 0.1) is 18.5 Å². The molecule has 0 radical (unpaired) electrons. The van der Waals surface area contributed by atoms with E-state index in [4.69, 9.17) is 30.0 Å². The van der Waals surface area contributed by atoms with Crippen LogP contribution in [-0.4, -0.2) is 55.9 Å². The first-order valence-corrected chi connectivity index (χ1v) is 13.3. The molecule has 192 valence electrons. The molecule has 0 saturated carbocycles. The average Bonchev–Trinajstić information content (AvgIpc) is 3.33. The molecule has 0 bridgehead atoms. The number of phosphoric ester groups is 1. The molecule has 13 heteroatoms. The maximum atomic E-state index is 12.8. The largest absolute Gasteiger partial charge is 0.472 e. The van der Waals surface area contributed by atoms with Crippen molar-refractivity contribution in [2.75, 3.05) is 18.6 Å². The Labute approximate surface area is 200 Å². The predicted molar refractivity (Wildman–Crippen MR) is 128 cm³/mol. The topological polar surface area (TPSA) is 170 Å². The smallest absolute Gasteiger partial charge is 0.382 e. The molecule has 5 N–H and O–H groups in total. The van der Waals surface area contributed by atoms with Crippen LogP contribution >= 0.6 is 7.82 Å². The Balaban J connectivity index is 1.98. The second-order valence-corrected chi connectivity index (χ2v) is 10.1. The highest BCUT2D eigenvalue weighted by Crippen LogP contribution is 2.51. The van der Waals surface area contributed by atoms with Gasteiger partial charge in [0.25, 0.3) is 0 Å². The van der Waals surface area contributed by atoms with E-state index < -0.39 is 38.5 Å². The minimum absolute atomic E-state index is 0.00105. The molecule has 0 aliphatic carbocycles. The first kappa shape index (κ1) is 26.8. The van der Waals surface area contributed by atoms with Crippen molar-refractivity contribution in [1.82, 2.24) is 19.5 Å². The molecule has 3 rings (SSSR count). The number of phosphoric acid groups is 1. The SMILES string of the molecule is CCCC(CC)CC1OC(n2cnc3c(N)nc(N)nc32)C(OC)C1OP(=O)(O)OC(C)CC. The molecule has 1 fully saturated rings. The summed E-state index contributed by atoms with van der Waals surface area (Å²) in [5, 5.41) is 0. The van der Waals surface area contributed by atoms with Crippen LogP contribution in [0.15, 0.2) is 6.33 Å². The zero-order chi connectivity index (χ0) is 25.0. The quantitative estimate of drug-likeness (QED) is 0.365. The van der Waals surface area contributed by atoms with E-state index >= 15 is 0 Å². The van der Waals surface area contributed by atoms with E-state index in [-0.39, 0.29) is 11.8 Å². The molecule has 2 aromatic heterocycles. The zero-order valence-electron chi connectivity index (χ0n) is 20.5. The number of hydrogen-bond donors (Lipinski definition) is 3. The monoisotopic (exact) mass is 500 g/mol.